The summed E-state index contributed by atoms with van der Waals surface area (Å²) in [5.41, 5.74) is 0.183. The van der Waals surface area contributed by atoms with Crippen molar-refractivity contribution in [2.75, 3.05) is 6.26 Å². The Bertz CT molecular complexity index is 303. The van der Waals surface area contributed by atoms with Crippen LogP contribution >= 0.6 is 0 Å². The van der Waals surface area contributed by atoms with E-state index in [2.05, 4.69) is 25.5 Å². The van der Waals surface area contributed by atoms with Gasteiger partial charge in [0.15, 0.2) is 0 Å². The molecule has 1 saturated carbocycles. The minimum Gasteiger partial charge on any atom is -0.213 e. The quantitative estimate of drug-likeness (QED) is 0.794. The molecule has 1 aliphatic rings. The molecule has 0 radical (unpaired) electrons. The zero-order valence-corrected chi connectivity index (χ0v) is 11.0. The lowest BCUT2D eigenvalue weighted by atomic mass is 9.70. The molecule has 1 aliphatic carbocycles. The summed E-state index contributed by atoms with van der Waals surface area (Å²) in [6.45, 7) is 6.58. The van der Waals surface area contributed by atoms with Gasteiger partial charge in [-0.3, -0.25) is 0 Å². The predicted molar refractivity (Wildman–Crippen MR) is 63.2 cm³/mol. The number of nitrogens with one attached hydrogen (secondary N) is 1. The average Bonchev–Trinajstić information content (AvgIpc) is 1.99. The maximum atomic E-state index is 11.3. The molecule has 0 bridgehead atoms. The first kappa shape index (κ1) is 13.0. The molecule has 90 valence electrons. The van der Waals surface area contributed by atoms with Crippen molar-refractivity contribution < 1.29 is 8.42 Å². The summed E-state index contributed by atoms with van der Waals surface area (Å²) < 4.78 is 25.3. The van der Waals surface area contributed by atoms with Gasteiger partial charge in [-0.25, -0.2) is 13.1 Å². The largest absolute Gasteiger partial charge is 0.213 e. The van der Waals surface area contributed by atoms with Crippen molar-refractivity contribution in [2.45, 2.75) is 52.5 Å². The van der Waals surface area contributed by atoms with Crippen molar-refractivity contribution >= 4 is 10.0 Å². The fourth-order valence-corrected chi connectivity index (χ4v) is 3.42. The first-order valence-corrected chi connectivity index (χ1v) is 7.56. The average molecular weight is 233 g/mol. The van der Waals surface area contributed by atoms with Gasteiger partial charge in [0.2, 0.25) is 10.0 Å². The Morgan fingerprint density at radius 2 is 1.67 bits per heavy atom. The highest BCUT2D eigenvalue weighted by Gasteiger charge is 2.35. The van der Waals surface area contributed by atoms with E-state index in [1.807, 2.05) is 0 Å². The third-order valence-electron chi connectivity index (χ3n) is 3.24. The molecule has 2 atom stereocenters. The zero-order valence-electron chi connectivity index (χ0n) is 10.2. The Labute approximate surface area is 93.7 Å². The number of rotatable bonds is 2. The lowest BCUT2D eigenvalue weighted by Gasteiger charge is -2.40. The summed E-state index contributed by atoms with van der Waals surface area (Å²) >= 11 is 0. The van der Waals surface area contributed by atoms with Crippen molar-refractivity contribution in [3.63, 3.8) is 0 Å². The van der Waals surface area contributed by atoms with Gasteiger partial charge in [0.25, 0.3) is 0 Å². The minimum atomic E-state index is -3.07. The van der Waals surface area contributed by atoms with E-state index in [4.69, 9.17) is 0 Å². The molecule has 0 amide bonds. The Kier molecular flexibility index (Phi) is 3.82. The minimum absolute atomic E-state index is 0.133. The SMILES string of the molecule is CC(C)(C)[C@H]1CCCC[C@@H]1NS(C)(=O)=O. The van der Waals surface area contributed by atoms with Gasteiger partial charge in [-0.1, -0.05) is 33.6 Å². The molecular formula is C11H23NO2S. The van der Waals surface area contributed by atoms with Crippen molar-refractivity contribution in [3.8, 4) is 0 Å². The summed E-state index contributed by atoms with van der Waals surface area (Å²) in [7, 11) is -3.07. The fourth-order valence-electron chi connectivity index (χ4n) is 2.58. The monoisotopic (exact) mass is 233 g/mol. The van der Waals surface area contributed by atoms with Gasteiger partial charge in [0, 0.05) is 6.04 Å². The molecular weight excluding hydrogens is 210 g/mol. The lowest BCUT2D eigenvalue weighted by molar-refractivity contribution is 0.144. The summed E-state index contributed by atoms with van der Waals surface area (Å²) in [6, 6.07) is 0.133. The molecule has 1 rings (SSSR count). The van der Waals surface area contributed by atoms with Crippen LogP contribution in [0.5, 0.6) is 0 Å². The van der Waals surface area contributed by atoms with Gasteiger partial charge in [-0.2, -0.15) is 0 Å². The summed E-state index contributed by atoms with van der Waals surface area (Å²) in [5, 5.41) is 0. The predicted octanol–water partition coefficient (Wildman–Crippen LogP) is 2.14. The molecule has 0 heterocycles. The number of hydrogen-bond acceptors (Lipinski definition) is 2. The molecule has 3 nitrogen and oxygen atoms in total. The van der Waals surface area contributed by atoms with E-state index >= 15 is 0 Å². The highest BCUT2D eigenvalue weighted by atomic mass is 32.2. The molecule has 0 saturated heterocycles. The van der Waals surface area contributed by atoms with E-state index in [0.717, 1.165) is 19.3 Å². The maximum absolute atomic E-state index is 11.3. The zero-order chi connectivity index (χ0) is 11.7. The molecule has 0 aromatic carbocycles. The molecule has 1 N–H and O–H groups in total. The summed E-state index contributed by atoms with van der Waals surface area (Å²) in [5.74, 6) is 0.459. The van der Waals surface area contributed by atoms with Crippen LogP contribution in [-0.2, 0) is 10.0 Å². The topological polar surface area (TPSA) is 46.2 Å². The van der Waals surface area contributed by atoms with Crippen LogP contribution < -0.4 is 4.72 Å². The van der Waals surface area contributed by atoms with Crippen LogP contribution in [0.4, 0.5) is 0 Å². The highest BCUT2D eigenvalue weighted by Crippen LogP contribution is 2.38. The Morgan fingerprint density at radius 1 is 1.13 bits per heavy atom. The van der Waals surface area contributed by atoms with Gasteiger partial charge in [-0.05, 0) is 24.2 Å². The number of sulfonamides is 1. The van der Waals surface area contributed by atoms with Crippen LogP contribution in [-0.4, -0.2) is 20.7 Å². The third-order valence-corrected chi connectivity index (χ3v) is 3.97. The van der Waals surface area contributed by atoms with Gasteiger partial charge < -0.3 is 0 Å². The highest BCUT2D eigenvalue weighted by molar-refractivity contribution is 7.88. The van der Waals surface area contributed by atoms with Gasteiger partial charge in [0.05, 0.1) is 6.26 Å². The Balaban J connectivity index is 2.75. The lowest BCUT2D eigenvalue weighted by Crippen LogP contribution is -2.46. The summed E-state index contributed by atoms with van der Waals surface area (Å²) in [6.07, 6.45) is 5.73. The Hall–Kier alpha value is -0.0900. The van der Waals surface area contributed by atoms with Gasteiger partial charge >= 0.3 is 0 Å². The van der Waals surface area contributed by atoms with E-state index in [9.17, 15) is 8.42 Å². The van der Waals surface area contributed by atoms with Crippen molar-refractivity contribution in [2.24, 2.45) is 11.3 Å². The molecule has 0 aromatic rings. The van der Waals surface area contributed by atoms with Crippen LogP contribution in [0.2, 0.25) is 0 Å². The fraction of sp³-hybridized carbons (Fsp3) is 1.00. The Morgan fingerprint density at radius 3 is 2.13 bits per heavy atom. The van der Waals surface area contributed by atoms with E-state index in [1.165, 1.54) is 12.7 Å². The van der Waals surface area contributed by atoms with Gasteiger partial charge in [-0.15, -0.1) is 0 Å². The van der Waals surface area contributed by atoms with Crippen LogP contribution in [0.3, 0.4) is 0 Å². The van der Waals surface area contributed by atoms with Crippen molar-refractivity contribution in [1.29, 1.82) is 0 Å². The smallest absolute Gasteiger partial charge is 0.208 e. The summed E-state index contributed by atoms with van der Waals surface area (Å²) in [4.78, 5) is 0. The number of hydrogen-bond donors (Lipinski definition) is 1. The maximum Gasteiger partial charge on any atom is 0.208 e. The van der Waals surface area contributed by atoms with Crippen LogP contribution in [0.15, 0.2) is 0 Å². The molecule has 0 aliphatic heterocycles. The van der Waals surface area contributed by atoms with Crippen LogP contribution in [0, 0.1) is 11.3 Å². The van der Waals surface area contributed by atoms with Gasteiger partial charge in [0.1, 0.15) is 0 Å². The first-order valence-electron chi connectivity index (χ1n) is 5.67. The van der Waals surface area contributed by atoms with Crippen LogP contribution in [0.25, 0.3) is 0 Å². The second kappa shape index (κ2) is 4.42. The molecule has 1 fully saturated rings. The first-order chi connectivity index (χ1) is 6.70. The molecule has 15 heavy (non-hydrogen) atoms. The normalized spacial score (nSPS) is 29.1. The van der Waals surface area contributed by atoms with Crippen molar-refractivity contribution in [3.05, 3.63) is 0 Å². The van der Waals surface area contributed by atoms with E-state index < -0.39 is 10.0 Å². The third kappa shape index (κ3) is 4.11. The molecule has 0 unspecified atom stereocenters. The second-order valence-electron chi connectivity index (χ2n) is 5.75. The van der Waals surface area contributed by atoms with Crippen molar-refractivity contribution in [1.82, 2.24) is 4.72 Å². The van der Waals surface area contributed by atoms with E-state index in [0.29, 0.717) is 5.92 Å². The standard InChI is InChI=1S/C11H23NO2S/c1-11(2,3)9-7-5-6-8-10(9)12-15(4,13)14/h9-10,12H,5-8H2,1-4H3/t9-,10-/m0/s1. The second-order valence-corrected chi connectivity index (χ2v) is 7.53. The van der Waals surface area contributed by atoms with E-state index in [1.54, 1.807) is 0 Å². The van der Waals surface area contributed by atoms with Crippen LogP contribution in [0.1, 0.15) is 46.5 Å². The molecule has 0 aromatic heterocycles. The molecule has 0 spiro atoms. The molecule has 4 heteroatoms. The van der Waals surface area contributed by atoms with E-state index in [-0.39, 0.29) is 11.5 Å².